The second-order valence-corrected chi connectivity index (χ2v) is 9.78. The summed E-state index contributed by atoms with van der Waals surface area (Å²) in [7, 11) is -3.88. The zero-order valence-corrected chi connectivity index (χ0v) is 17.7. The second-order valence-electron chi connectivity index (χ2n) is 7.35. The van der Waals surface area contributed by atoms with Gasteiger partial charge in [0.15, 0.2) is 11.9 Å². The van der Waals surface area contributed by atoms with Crippen molar-refractivity contribution in [3.05, 3.63) is 52.6 Å². The first-order chi connectivity index (χ1) is 13.0. The minimum atomic E-state index is -3.88. The smallest absolute Gasteiger partial charge is 0.303 e. The SMILES string of the molecule is CC(=O)O[C@@H]1C(=O)C=C[C@]2(C)[C@H]1/C(=C(/C)Cl)CN2S(=O)(=O)c1ccc(C)cc1. The van der Waals surface area contributed by atoms with E-state index in [0.717, 1.165) is 5.56 Å². The van der Waals surface area contributed by atoms with Crippen molar-refractivity contribution >= 4 is 33.4 Å². The van der Waals surface area contributed by atoms with Crippen molar-refractivity contribution < 1.29 is 22.7 Å². The molecule has 1 aromatic carbocycles. The molecule has 0 amide bonds. The molecule has 0 saturated carbocycles. The number of ketones is 1. The highest BCUT2D eigenvalue weighted by Crippen LogP contribution is 2.49. The van der Waals surface area contributed by atoms with E-state index in [1.807, 2.05) is 6.92 Å². The fourth-order valence-electron chi connectivity index (χ4n) is 3.93. The fourth-order valence-corrected chi connectivity index (χ4v) is 5.84. The van der Waals surface area contributed by atoms with E-state index in [9.17, 15) is 18.0 Å². The van der Waals surface area contributed by atoms with Crippen LogP contribution in [0.3, 0.4) is 0 Å². The number of rotatable bonds is 3. The van der Waals surface area contributed by atoms with Gasteiger partial charge in [0.25, 0.3) is 0 Å². The van der Waals surface area contributed by atoms with Crippen molar-refractivity contribution in [3.8, 4) is 0 Å². The van der Waals surface area contributed by atoms with Gasteiger partial charge >= 0.3 is 5.97 Å². The molecule has 1 saturated heterocycles. The molecule has 150 valence electrons. The number of allylic oxidation sites excluding steroid dienone is 1. The van der Waals surface area contributed by atoms with E-state index in [4.69, 9.17) is 16.3 Å². The Morgan fingerprint density at radius 3 is 2.39 bits per heavy atom. The molecule has 1 aromatic rings. The summed E-state index contributed by atoms with van der Waals surface area (Å²) < 4.78 is 33.5. The number of nitrogens with zero attached hydrogens (tertiary/aromatic N) is 1. The van der Waals surface area contributed by atoms with Crippen LogP contribution in [-0.2, 0) is 24.3 Å². The lowest BCUT2D eigenvalue weighted by molar-refractivity contribution is -0.155. The van der Waals surface area contributed by atoms with Crippen LogP contribution in [0.25, 0.3) is 0 Å². The zero-order chi connectivity index (χ0) is 20.9. The van der Waals surface area contributed by atoms with Gasteiger partial charge in [-0.3, -0.25) is 9.59 Å². The number of hydrogen-bond acceptors (Lipinski definition) is 5. The number of esters is 1. The quantitative estimate of drug-likeness (QED) is 0.698. The summed E-state index contributed by atoms with van der Waals surface area (Å²) in [5.74, 6) is -1.68. The van der Waals surface area contributed by atoms with E-state index in [1.165, 1.54) is 17.3 Å². The Morgan fingerprint density at radius 2 is 1.86 bits per heavy atom. The Hall–Kier alpha value is -1.96. The Morgan fingerprint density at radius 1 is 1.25 bits per heavy atom. The summed E-state index contributed by atoms with van der Waals surface area (Å²) in [5, 5.41) is 0.387. The van der Waals surface area contributed by atoms with Gasteiger partial charge in [0.05, 0.1) is 16.4 Å². The standard InChI is InChI=1S/C20H22ClNO5S/c1-12-5-7-15(8-6-12)28(25,26)22-11-16(13(2)21)18-19(27-14(3)23)17(24)9-10-20(18,22)4/h5-10,18-19H,11H2,1-4H3/b16-13-/t18-,19+,20+/m0/s1. The third-order valence-electron chi connectivity index (χ3n) is 5.37. The predicted molar refractivity (Wildman–Crippen MR) is 105 cm³/mol. The molecule has 8 heteroatoms. The van der Waals surface area contributed by atoms with Gasteiger partial charge in [-0.25, -0.2) is 8.42 Å². The summed E-state index contributed by atoms with van der Waals surface area (Å²) in [6, 6.07) is 6.57. The zero-order valence-electron chi connectivity index (χ0n) is 16.1. The Kier molecular flexibility index (Phi) is 5.29. The van der Waals surface area contributed by atoms with Gasteiger partial charge in [0.2, 0.25) is 10.0 Å². The molecule has 0 aromatic heterocycles. The van der Waals surface area contributed by atoms with Crippen molar-refractivity contribution in [2.75, 3.05) is 6.54 Å². The number of halogens is 1. The number of aryl methyl sites for hydroxylation is 1. The van der Waals surface area contributed by atoms with Gasteiger partial charge in [-0.15, -0.1) is 0 Å². The summed E-state index contributed by atoms with van der Waals surface area (Å²) in [4.78, 5) is 24.2. The normalized spacial score (nSPS) is 29.5. The molecule has 1 aliphatic carbocycles. The number of hydrogen-bond donors (Lipinski definition) is 0. The number of ether oxygens (including phenoxy) is 1. The molecule has 1 fully saturated rings. The molecule has 3 rings (SSSR count). The molecule has 1 heterocycles. The van der Waals surface area contributed by atoms with Crippen LogP contribution in [0.5, 0.6) is 0 Å². The van der Waals surface area contributed by atoms with Crippen LogP contribution < -0.4 is 0 Å². The minimum Gasteiger partial charge on any atom is -0.453 e. The molecule has 28 heavy (non-hydrogen) atoms. The van der Waals surface area contributed by atoms with Gasteiger partial charge in [0.1, 0.15) is 0 Å². The van der Waals surface area contributed by atoms with Crippen molar-refractivity contribution in [2.24, 2.45) is 5.92 Å². The van der Waals surface area contributed by atoms with E-state index in [2.05, 4.69) is 0 Å². The first kappa shape index (κ1) is 20.8. The maximum Gasteiger partial charge on any atom is 0.303 e. The third kappa shape index (κ3) is 3.32. The number of fused-ring (bicyclic) bond motifs is 1. The molecule has 0 spiro atoms. The highest BCUT2D eigenvalue weighted by atomic mass is 35.5. The van der Waals surface area contributed by atoms with Crippen LogP contribution in [-0.4, -0.2) is 42.7 Å². The Labute approximate surface area is 169 Å². The number of sulfonamides is 1. The lowest BCUT2D eigenvalue weighted by Gasteiger charge is -2.40. The van der Waals surface area contributed by atoms with Gasteiger partial charge < -0.3 is 4.74 Å². The highest BCUT2D eigenvalue weighted by Gasteiger charge is 2.58. The maximum absolute atomic E-state index is 13.4. The maximum atomic E-state index is 13.4. The summed E-state index contributed by atoms with van der Waals surface area (Å²) in [6.45, 7) is 6.47. The van der Waals surface area contributed by atoms with Crippen LogP contribution in [0.15, 0.2) is 51.9 Å². The fraction of sp³-hybridized carbons (Fsp3) is 0.400. The predicted octanol–water partition coefficient (Wildman–Crippen LogP) is 2.96. The lowest BCUT2D eigenvalue weighted by Crippen LogP contribution is -2.54. The summed E-state index contributed by atoms with van der Waals surface area (Å²) in [5.41, 5.74) is 0.423. The van der Waals surface area contributed by atoms with E-state index in [0.29, 0.717) is 10.6 Å². The average Bonchev–Trinajstić information content (AvgIpc) is 2.92. The first-order valence-electron chi connectivity index (χ1n) is 8.83. The van der Waals surface area contributed by atoms with Crippen molar-refractivity contribution in [1.82, 2.24) is 4.31 Å². The molecule has 0 radical (unpaired) electrons. The molecular weight excluding hydrogens is 402 g/mol. The second kappa shape index (κ2) is 7.13. The monoisotopic (exact) mass is 423 g/mol. The van der Waals surface area contributed by atoms with Gasteiger partial charge in [0, 0.05) is 18.5 Å². The van der Waals surface area contributed by atoms with Crippen LogP contribution in [0, 0.1) is 12.8 Å². The summed E-state index contributed by atoms with van der Waals surface area (Å²) >= 11 is 6.28. The van der Waals surface area contributed by atoms with Crippen LogP contribution in [0.4, 0.5) is 0 Å². The first-order valence-corrected chi connectivity index (χ1v) is 10.6. The minimum absolute atomic E-state index is 0.0160. The van der Waals surface area contributed by atoms with Gasteiger partial charge in [-0.2, -0.15) is 4.31 Å². The van der Waals surface area contributed by atoms with Gasteiger partial charge in [-0.1, -0.05) is 35.4 Å². The molecule has 6 nitrogen and oxygen atoms in total. The van der Waals surface area contributed by atoms with Crippen LogP contribution in [0.1, 0.15) is 26.3 Å². The van der Waals surface area contributed by atoms with Crippen LogP contribution in [0.2, 0.25) is 0 Å². The molecule has 0 bridgehead atoms. The van der Waals surface area contributed by atoms with E-state index < -0.39 is 33.6 Å². The topological polar surface area (TPSA) is 80.8 Å². The van der Waals surface area contributed by atoms with E-state index in [1.54, 1.807) is 44.2 Å². The number of benzene rings is 1. The number of carbonyl (C=O) groups is 2. The Balaban J connectivity index is 2.16. The lowest BCUT2D eigenvalue weighted by atomic mass is 9.75. The molecule has 0 N–H and O–H groups in total. The average molecular weight is 424 g/mol. The Bertz CT molecular complexity index is 992. The van der Waals surface area contributed by atoms with Crippen LogP contribution >= 0.6 is 11.6 Å². The van der Waals surface area contributed by atoms with Crippen molar-refractivity contribution in [3.63, 3.8) is 0 Å². The molecular formula is C20H22ClNO5S. The third-order valence-corrected chi connectivity index (χ3v) is 7.58. The van der Waals surface area contributed by atoms with E-state index in [-0.39, 0.29) is 17.2 Å². The van der Waals surface area contributed by atoms with Gasteiger partial charge in [-0.05, 0) is 44.6 Å². The molecule has 1 aliphatic heterocycles. The number of carbonyl (C=O) groups excluding carboxylic acids is 2. The van der Waals surface area contributed by atoms with E-state index >= 15 is 0 Å². The van der Waals surface area contributed by atoms with Crippen molar-refractivity contribution in [1.29, 1.82) is 0 Å². The molecule has 3 atom stereocenters. The highest BCUT2D eigenvalue weighted by molar-refractivity contribution is 7.89. The molecule has 0 unspecified atom stereocenters. The molecule has 2 aliphatic rings. The largest absolute Gasteiger partial charge is 0.453 e. The van der Waals surface area contributed by atoms with Crippen molar-refractivity contribution in [2.45, 2.75) is 44.2 Å². The summed E-state index contributed by atoms with van der Waals surface area (Å²) in [6.07, 6.45) is 1.74.